The van der Waals surface area contributed by atoms with Gasteiger partial charge in [-0.1, -0.05) is 0 Å². The van der Waals surface area contributed by atoms with Crippen molar-refractivity contribution in [2.75, 3.05) is 0 Å². The first-order valence-corrected chi connectivity index (χ1v) is 3.76. The molecule has 2 aromatic heterocycles. The van der Waals surface area contributed by atoms with Crippen LogP contribution in [-0.2, 0) is 0 Å². The Kier molecular flexibility index (Phi) is 1.51. The van der Waals surface area contributed by atoms with E-state index in [2.05, 4.69) is 4.98 Å². The molecule has 0 saturated heterocycles. The molecule has 0 aromatic carbocycles. The van der Waals surface area contributed by atoms with Crippen LogP contribution in [0.25, 0.3) is 5.65 Å². The van der Waals surface area contributed by atoms with Crippen LogP contribution in [0.3, 0.4) is 0 Å². The lowest BCUT2D eigenvalue weighted by Crippen LogP contribution is -1.94. The van der Waals surface area contributed by atoms with Crippen molar-refractivity contribution in [2.24, 2.45) is 0 Å². The van der Waals surface area contributed by atoms with Crippen LogP contribution in [0.2, 0.25) is 0 Å². The topological polar surface area (TPSA) is 60.4 Å². The number of pyridine rings is 1. The molecule has 0 spiro atoms. The maximum Gasteiger partial charge on any atom is 0.288 e. The average molecular weight is 177 g/mol. The highest BCUT2D eigenvalue weighted by atomic mass is 16.6. The lowest BCUT2D eigenvalue weighted by Gasteiger charge is -1.97. The van der Waals surface area contributed by atoms with Gasteiger partial charge in [-0.05, 0) is 13.0 Å². The van der Waals surface area contributed by atoms with Crippen LogP contribution < -0.4 is 0 Å². The molecule has 0 unspecified atom stereocenters. The molecule has 0 bridgehead atoms. The molecular formula is C8H7N3O2. The minimum absolute atomic E-state index is 0.116. The zero-order valence-corrected chi connectivity index (χ0v) is 6.97. The summed E-state index contributed by atoms with van der Waals surface area (Å²) in [5, 5.41) is 10.6. The lowest BCUT2D eigenvalue weighted by molar-refractivity contribution is -0.385. The summed E-state index contributed by atoms with van der Waals surface area (Å²) in [6, 6.07) is 1.69. The minimum atomic E-state index is -0.394. The van der Waals surface area contributed by atoms with Crippen LogP contribution in [-0.4, -0.2) is 14.3 Å². The van der Waals surface area contributed by atoms with Crippen molar-refractivity contribution in [1.82, 2.24) is 9.38 Å². The van der Waals surface area contributed by atoms with Crippen LogP contribution in [0.4, 0.5) is 5.69 Å². The Labute approximate surface area is 73.8 Å². The van der Waals surface area contributed by atoms with Gasteiger partial charge in [0.1, 0.15) is 5.65 Å². The van der Waals surface area contributed by atoms with Gasteiger partial charge in [0.15, 0.2) is 0 Å². The molecule has 0 radical (unpaired) electrons. The maximum atomic E-state index is 10.6. The largest absolute Gasteiger partial charge is 0.300 e. The normalized spacial score (nSPS) is 10.5. The van der Waals surface area contributed by atoms with Gasteiger partial charge in [-0.25, -0.2) is 4.98 Å². The second-order valence-corrected chi connectivity index (χ2v) is 2.79. The fraction of sp³-hybridized carbons (Fsp3) is 0.125. The molecule has 0 fully saturated rings. The third-order valence-electron chi connectivity index (χ3n) is 1.91. The Morgan fingerprint density at radius 1 is 1.62 bits per heavy atom. The Morgan fingerprint density at radius 2 is 2.38 bits per heavy atom. The highest BCUT2D eigenvalue weighted by molar-refractivity contribution is 5.49. The van der Waals surface area contributed by atoms with Gasteiger partial charge in [0, 0.05) is 18.0 Å². The molecule has 0 N–H and O–H groups in total. The number of rotatable bonds is 1. The molecule has 0 aliphatic heterocycles. The first-order chi connectivity index (χ1) is 6.18. The lowest BCUT2D eigenvalue weighted by atomic mass is 10.2. The number of hydrogen-bond acceptors (Lipinski definition) is 3. The number of aromatic nitrogens is 2. The third-order valence-corrected chi connectivity index (χ3v) is 1.91. The molecule has 0 saturated carbocycles. The van der Waals surface area contributed by atoms with E-state index in [4.69, 9.17) is 0 Å². The van der Waals surface area contributed by atoms with Gasteiger partial charge >= 0.3 is 0 Å². The highest BCUT2D eigenvalue weighted by Gasteiger charge is 2.11. The molecule has 2 aromatic rings. The summed E-state index contributed by atoms with van der Waals surface area (Å²) < 4.78 is 1.63. The van der Waals surface area contributed by atoms with E-state index in [0.29, 0.717) is 5.56 Å². The van der Waals surface area contributed by atoms with E-state index < -0.39 is 4.92 Å². The Morgan fingerprint density at radius 3 is 3.08 bits per heavy atom. The summed E-state index contributed by atoms with van der Waals surface area (Å²) in [5.74, 6) is 0. The van der Waals surface area contributed by atoms with Crippen LogP contribution in [0.15, 0.2) is 24.7 Å². The van der Waals surface area contributed by atoms with Crippen molar-refractivity contribution < 1.29 is 4.92 Å². The summed E-state index contributed by atoms with van der Waals surface area (Å²) in [7, 11) is 0. The van der Waals surface area contributed by atoms with Crippen molar-refractivity contribution in [1.29, 1.82) is 0 Å². The zero-order valence-electron chi connectivity index (χ0n) is 6.97. The molecule has 5 nitrogen and oxygen atoms in total. The Balaban J connectivity index is 2.76. The molecule has 13 heavy (non-hydrogen) atoms. The van der Waals surface area contributed by atoms with Gasteiger partial charge in [0.25, 0.3) is 5.69 Å². The minimum Gasteiger partial charge on any atom is -0.300 e. The van der Waals surface area contributed by atoms with E-state index in [0.717, 1.165) is 5.65 Å². The van der Waals surface area contributed by atoms with Gasteiger partial charge in [-0.2, -0.15) is 0 Å². The van der Waals surface area contributed by atoms with Gasteiger partial charge in [0.2, 0.25) is 0 Å². The van der Waals surface area contributed by atoms with E-state index in [9.17, 15) is 10.1 Å². The zero-order chi connectivity index (χ0) is 9.42. The molecule has 0 aliphatic carbocycles. The second-order valence-electron chi connectivity index (χ2n) is 2.79. The van der Waals surface area contributed by atoms with E-state index in [-0.39, 0.29) is 5.69 Å². The van der Waals surface area contributed by atoms with Crippen LogP contribution in [0, 0.1) is 17.0 Å². The second kappa shape index (κ2) is 2.55. The first kappa shape index (κ1) is 7.72. The summed E-state index contributed by atoms with van der Waals surface area (Å²) in [5.41, 5.74) is 1.47. The van der Waals surface area contributed by atoms with Crippen LogP contribution in [0.5, 0.6) is 0 Å². The predicted octanol–water partition coefficient (Wildman–Crippen LogP) is 1.55. The monoisotopic (exact) mass is 177 g/mol. The molecule has 2 rings (SSSR count). The van der Waals surface area contributed by atoms with E-state index >= 15 is 0 Å². The van der Waals surface area contributed by atoms with Crippen molar-refractivity contribution in [3.05, 3.63) is 40.3 Å². The number of hydrogen-bond donors (Lipinski definition) is 0. The van der Waals surface area contributed by atoms with Gasteiger partial charge in [-0.15, -0.1) is 0 Å². The third kappa shape index (κ3) is 1.14. The van der Waals surface area contributed by atoms with Crippen molar-refractivity contribution >= 4 is 11.3 Å². The fourth-order valence-electron chi connectivity index (χ4n) is 1.24. The molecule has 0 atom stereocenters. The van der Waals surface area contributed by atoms with Gasteiger partial charge in [-0.3, -0.25) is 10.1 Å². The van der Waals surface area contributed by atoms with Gasteiger partial charge < -0.3 is 4.40 Å². The molecule has 2 heterocycles. The van der Waals surface area contributed by atoms with E-state index in [1.807, 2.05) is 0 Å². The van der Waals surface area contributed by atoms with Gasteiger partial charge in [0.05, 0.1) is 11.1 Å². The average Bonchev–Trinajstić information content (AvgIpc) is 2.48. The summed E-state index contributed by atoms with van der Waals surface area (Å²) in [6.07, 6.45) is 4.76. The highest BCUT2D eigenvalue weighted by Crippen LogP contribution is 2.18. The molecule has 0 aliphatic rings. The number of nitrogens with zero attached hydrogens (tertiary/aromatic N) is 3. The number of aryl methyl sites for hydroxylation is 1. The number of nitro groups is 1. The quantitative estimate of drug-likeness (QED) is 0.490. The summed E-state index contributed by atoms with van der Waals surface area (Å²) in [6.45, 7) is 1.70. The van der Waals surface area contributed by atoms with Crippen molar-refractivity contribution in [3.8, 4) is 0 Å². The van der Waals surface area contributed by atoms with E-state index in [1.54, 1.807) is 29.8 Å². The summed E-state index contributed by atoms with van der Waals surface area (Å²) in [4.78, 5) is 14.2. The molecular weight excluding hydrogens is 170 g/mol. The fourth-order valence-corrected chi connectivity index (χ4v) is 1.24. The SMILES string of the molecule is Cc1cc2nccn2cc1[N+](=O)[O-]. The van der Waals surface area contributed by atoms with Crippen LogP contribution in [0.1, 0.15) is 5.56 Å². The molecule has 0 amide bonds. The Hall–Kier alpha value is -1.91. The maximum absolute atomic E-state index is 10.6. The van der Waals surface area contributed by atoms with Crippen molar-refractivity contribution in [2.45, 2.75) is 6.92 Å². The van der Waals surface area contributed by atoms with Crippen LogP contribution >= 0.6 is 0 Å². The van der Waals surface area contributed by atoms with E-state index in [1.165, 1.54) is 6.20 Å². The first-order valence-electron chi connectivity index (χ1n) is 3.76. The Bertz CT molecular complexity index is 475. The number of fused-ring (bicyclic) bond motifs is 1. The smallest absolute Gasteiger partial charge is 0.288 e. The standard InChI is InChI=1S/C8H7N3O2/c1-6-4-8-9-2-3-10(8)5-7(6)11(12)13/h2-5H,1H3. The molecule has 5 heteroatoms. The number of imidazole rings is 1. The van der Waals surface area contributed by atoms with Crippen molar-refractivity contribution in [3.63, 3.8) is 0 Å². The summed E-state index contributed by atoms with van der Waals surface area (Å²) >= 11 is 0. The molecule has 66 valence electrons. The predicted molar refractivity (Wildman–Crippen MR) is 46.6 cm³/mol.